The molecule has 3 aromatic rings. The Balaban J connectivity index is 1.32. The Morgan fingerprint density at radius 1 is 1.03 bits per heavy atom. The van der Waals surface area contributed by atoms with Crippen molar-refractivity contribution in [2.45, 2.75) is 38.5 Å². The number of benzene rings is 2. The summed E-state index contributed by atoms with van der Waals surface area (Å²) in [6.45, 7) is 2.54. The van der Waals surface area contributed by atoms with Crippen molar-refractivity contribution in [3.63, 3.8) is 0 Å². The molecule has 2 aliphatic carbocycles. The summed E-state index contributed by atoms with van der Waals surface area (Å²) in [4.78, 5) is 4.99. The molecule has 162 valence electrons. The maximum absolute atomic E-state index is 6.12. The van der Waals surface area contributed by atoms with Crippen molar-refractivity contribution >= 4 is 22.3 Å². The lowest BCUT2D eigenvalue weighted by Gasteiger charge is -2.17. The second-order valence-electron chi connectivity index (χ2n) is 8.60. The fraction of sp³-hybridized carbons (Fsp3) is 0.423. The largest absolute Gasteiger partial charge is 0.493 e. The Morgan fingerprint density at radius 3 is 2.71 bits per heavy atom. The van der Waals surface area contributed by atoms with Crippen molar-refractivity contribution in [3.8, 4) is 11.5 Å². The minimum Gasteiger partial charge on any atom is -0.493 e. The predicted molar refractivity (Wildman–Crippen MR) is 127 cm³/mol. The fourth-order valence-corrected chi connectivity index (χ4v) is 4.36. The number of fused-ring (bicyclic) bond motifs is 2. The minimum absolute atomic E-state index is 0.624. The van der Waals surface area contributed by atoms with Crippen LogP contribution in [-0.4, -0.2) is 31.8 Å². The monoisotopic (exact) mass is 417 g/mol. The van der Waals surface area contributed by atoms with E-state index in [2.05, 4.69) is 34.9 Å². The number of pyridine rings is 1. The molecule has 31 heavy (non-hydrogen) atoms. The second-order valence-corrected chi connectivity index (χ2v) is 8.60. The van der Waals surface area contributed by atoms with Crippen molar-refractivity contribution in [1.82, 2.24) is 4.98 Å². The molecule has 0 unspecified atom stereocenters. The maximum Gasteiger partial charge on any atom is 0.163 e. The lowest BCUT2D eigenvalue weighted by Crippen LogP contribution is -2.09. The van der Waals surface area contributed by atoms with Gasteiger partial charge in [-0.2, -0.15) is 0 Å². The molecule has 0 amide bonds. The van der Waals surface area contributed by atoms with Crippen LogP contribution in [0.4, 0.5) is 11.4 Å². The highest BCUT2D eigenvalue weighted by Gasteiger charge is 2.25. The van der Waals surface area contributed by atoms with Crippen LogP contribution in [0.15, 0.2) is 42.5 Å². The molecule has 1 saturated carbocycles. The first-order chi connectivity index (χ1) is 15.3. The van der Waals surface area contributed by atoms with E-state index in [1.807, 2.05) is 18.2 Å². The Hall–Kier alpha value is -2.95. The highest BCUT2D eigenvalue weighted by Crippen LogP contribution is 2.40. The zero-order chi connectivity index (χ0) is 21.0. The van der Waals surface area contributed by atoms with Crippen LogP contribution in [0, 0.1) is 5.92 Å². The van der Waals surface area contributed by atoms with Gasteiger partial charge in [0.15, 0.2) is 11.5 Å². The molecule has 2 aromatic carbocycles. The first-order valence-corrected chi connectivity index (χ1v) is 11.5. The van der Waals surface area contributed by atoms with Gasteiger partial charge in [-0.05, 0) is 68.2 Å². The standard InChI is InChI=1S/C26H31N3O2/c1-30-24-15-21-23(16-25(24)31-14-6-13-27-19-7-3-2-4-8-19)29-22-10-5-9-20(22)26(21)28-17-18-11-12-18/h2-4,7-8,15-16,18,27H,5-6,9-14,17H2,1H3,(H,28,29). The molecule has 0 bridgehead atoms. The summed E-state index contributed by atoms with van der Waals surface area (Å²) in [7, 11) is 1.71. The van der Waals surface area contributed by atoms with Gasteiger partial charge in [0.05, 0.1) is 19.2 Å². The number of para-hydroxylation sites is 1. The Bertz CT molecular complexity index is 1050. The lowest BCUT2D eigenvalue weighted by molar-refractivity contribution is 0.293. The van der Waals surface area contributed by atoms with E-state index in [-0.39, 0.29) is 0 Å². The quantitative estimate of drug-likeness (QED) is 0.431. The molecule has 5 heteroatoms. The lowest BCUT2D eigenvalue weighted by atomic mass is 10.1. The van der Waals surface area contributed by atoms with Crippen LogP contribution in [0.3, 0.4) is 0 Å². The molecule has 0 radical (unpaired) electrons. The topological polar surface area (TPSA) is 55.4 Å². The third-order valence-corrected chi connectivity index (χ3v) is 6.24. The number of aromatic nitrogens is 1. The number of hydrogen-bond donors (Lipinski definition) is 2. The number of aryl methyl sites for hydroxylation is 1. The van der Waals surface area contributed by atoms with Crippen LogP contribution < -0.4 is 20.1 Å². The fourth-order valence-electron chi connectivity index (χ4n) is 4.36. The van der Waals surface area contributed by atoms with Gasteiger partial charge in [-0.25, -0.2) is 0 Å². The van der Waals surface area contributed by atoms with Gasteiger partial charge < -0.3 is 20.1 Å². The van der Waals surface area contributed by atoms with Gasteiger partial charge in [0.2, 0.25) is 0 Å². The van der Waals surface area contributed by atoms with Crippen LogP contribution >= 0.6 is 0 Å². The molecule has 1 fully saturated rings. The molecule has 0 aliphatic heterocycles. The summed E-state index contributed by atoms with van der Waals surface area (Å²) in [5, 5.41) is 8.32. The van der Waals surface area contributed by atoms with Gasteiger partial charge in [0.25, 0.3) is 0 Å². The van der Waals surface area contributed by atoms with E-state index < -0.39 is 0 Å². The molecule has 5 nitrogen and oxygen atoms in total. The summed E-state index contributed by atoms with van der Waals surface area (Å²) in [5.41, 5.74) is 6.04. The van der Waals surface area contributed by atoms with Gasteiger partial charge >= 0.3 is 0 Å². The molecule has 0 spiro atoms. The summed E-state index contributed by atoms with van der Waals surface area (Å²) in [6, 6.07) is 14.4. The molecule has 5 rings (SSSR count). The Morgan fingerprint density at radius 2 is 1.90 bits per heavy atom. The zero-order valence-corrected chi connectivity index (χ0v) is 18.2. The zero-order valence-electron chi connectivity index (χ0n) is 18.2. The molecule has 1 heterocycles. The van der Waals surface area contributed by atoms with Crippen LogP contribution in [0.25, 0.3) is 10.9 Å². The van der Waals surface area contributed by atoms with Gasteiger partial charge in [-0.3, -0.25) is 4.98 Å². The number of anilines is 2. The molecular weight excluding hydrogens is 386 g/mol. The van der Waals surface area contributed by atoms with E-state index in [1.54, 1.807) is 7.11 Å². The van der Waals surface area contributed by atoms with E-state index in [4.69, 9.17) is 14.5 Å². The summed E-state index contributed by atoms with van der Waals surface area (Å²) < 4.78 is 11.8. The number of ether oxygens (including phenoxy) is 2. The Kier molecular flexibility index (Phi) is 5.83. The molecule has 0 saturated heterocycles. The predicted octanol–water partition coefficient (Wildman–Crippen LogP) is 5.44. The van der Waals surface area contributed by atoms with Crippen molar-refractivity contribution in [3.05, 3.63) is 53.7 Å². The molecule has 2 N–H and O–H groups in total. The number of rotatable bonds is 10. The molecule has 2 aliphatic rings. The summed E-state index contributed by atoms with van der Waals surface area (Å²) in [6.07, 6.45) is 6.96. The summed E-state index contributed by atoms with van der Waals surface area (Å²) in [5.74, 6) is 2.38. The maximum atomic E-state index is 6.12. The molecule has 0 atom stereocenters. The van der Waals surface area contributed by atoms with E-state index in [0.29, 0.717) is 6.61 Å². The molecular formula is C26H31N3O2. The van der Waals surface area contributed by atoms with E-state index >= 15 is 0 Å². The van der Waals surface area contributed by atoms with E-state index in [1.165, 1.54) is 36.2 Å². The van der Waals surface area contributed by atoms with Crippen molar-refractivity contribution in [1.29, 1.82) is 0 Å². The van der Waals surface area contributed by atoms with Crippen molar-refractivity contribution in [2.24, 2.45) is 5.92 Å². The van der Waals surface area contributed by atoms with Crippen LogP contribution in [0.5, 0.6) is 11.5 Å². The SMILES string of the molecule is COc1cc2c(NCC3CC3)c3c(nc2cc1OCCCNc1ccccc1)CCC3. The first-order valence-electron chi connectivity index (χ1n) is 11.5. The summed E-state index contributed by atoms with van der Waals surface area (Å²) >= 11 is 0. The number of nitrogens with zero attached hydrogens (tertiary/aromatic N) is 1. The average molecular weight is 418 g/mol. The highest BCUT2D eigenvalue weighted by molar-refractivity contribution is 5.96. The van der Waals surface area contributed by atoms with Crippen LogP contribution in [0.1, 0.15) is 36.9 Å². The number of methoxy groups -OCH3 is 1. The first kappa shape index (κ1) is 20.0. The third kappa shape index (κ3) is 4.55. The molecule has 1 aromatic heterocycles. The van der Waals surface area contributed by atoms with Gasteiger partial charge in [-0.1, -0.05) is 18.2 Å². The van der Waals surface area contributed by atoms with Crippen molar-refractivity contribution < 1.29 is 9.47 Å². The average Bonchev–Trinajstić information content (AvgIpc) is 3.52. The smallest absolute Gasteiger partial charge is 0.163 e. The van der Waals surface area contributed by atoms with Crippen LogP contribution in [-0.2, 0) is 12.8 Å². The minimum atomic E-state index is 0.624. The second kappa shape index (κ2) is 9.04. The third-order valence-electron chi connectivity index (χ3n) is 6.24. The normalized spacial score (nSPS) is 15.0. The van der Waals surface area contributed by atoms with E-state index in [9.17, 15) is 0 Å². The van der Waals surface area contributed by atoms with Gasteiger partial charge in [0.1, 0.15) is 0 Å². The number of hydrogen-bond acceptors (Lipinski definition) is 5. The number of nitrogens with one attached hydrogen (secondary N) is 2. The van der Waals surface area contributed by atoms with Gasteiger partial charge in [0, 0.05) is 41.6 Å². The van der Waals surface area contributed by atoms with E-state index in [0.717, 1.165) is 66.4 Å². The van der Waals surface area contributed by atoms with Gasteiger partial charge in [-0.15, -0.1) is 0 Å². The highest BCUT2D eigenvalue weighted by atomic mass is 16.5. The van der Waals surface area contributed by atoms with Crippen molar-refractivity contribution in [2.75, 3.05) is 37.4 Å². The Labute approximate surface area is 184 Å². The van der Waals surface area contributed by atoms with Crippen LogP contribution in [0.2, 0.25) is 0 Å².